The van der Waals surface area contributed by atoms with E-state index in [2.05, 4.69) is 0 Å². The standard InChI is InChI=1S/C14H21N3O3.ClH/c1-20-10-12(15)14(19)17(8-7-13(16)18)9-11-5-3-2-4-6-11;/h2-6,12H,7-10,15H2,1H3,(H2,16,18);1H. The molecule has 0 fully saturated rings. The Morgan fingerprint density at radius 1 is 1.29 bits per heavy atom. The van der Waals surface area contributed by atoms with Crippen LogP contribution in [0.4, 0.5) is 0 Å². The zero-order valence-electron chi connectivity index (χ0n) is 12.0. The van der Waals surface area contributed by atoms with Gasteiger partial charge in [-0.1, -0.05) is 30.3 Å². The molecule has 4 N–H and O–H groups in total. The van der Waals surface area contributed by atoms with Crippen LogP contribution in [0.25, 0.3) is 0 Å². The van der Waals surface area contributed by atoms with Crippen molar-refractivity contribution in [1.29, 1.82) is 0 Å². The Labute approximate surface area is 130 Å². The van der Waals surface area contributed by atoms with Gasteiger partial charge in [0.25, 0.3) is 0 Å². The second kappa shape index (κ2) is 10.1. The molecule has 1 atom stereocenters. The first kappa shape index (κ1) is 19.4. The molecule has 0 saturated heterocycles. The molecule has 0 aliphatic heterocycles. The Bertz CT molecular complexity index is 442. The van der Waals surface area contributed by atoms with Crippen LogP contribution in [0.1, 0.15) is 12.0 Å². The molecule has 1 aromatic carbocycles. The lowest BCUT2D eigenvalue weighted by Crippen LogP contribution is -2.46. The van der Waals surface area contributed by atoms with Crippen molar-refractivity contribution in [3.8, 4) is 0 Å². The predicted octanol–water partition coefficient (Wildman–Crippen LogP) is 0.286. The maximum Gasteiger partial charge on any atom is 0.242 e. The van der Waals surface area contributed by atoms with Crippen molar-refractivity contribution in [2.75, 3.05) is 20.3 Å². The summed E-state index contributed by atoms with van der Waals surface area (Å²) in [4.78, 5) is 24.7. The SMILES string of the molecule is COCC(N)C(=O)N(CCC(N)=O)Cc1ccccc1.Cl. The van der Waals surface area contributed by atoms with E-state index in [9.17, 15) is 9.59 Å². The number of methoxy groups -OCH3 is 1. The van der Waals surface area contributed by atoms with Crippen molar-refractivity contribution in [1.82, 2.24) is 4.90 Å². The van der Waals surface area contributed by atoms with E-state index in [0.717, 1.165) is 5.56 Å². The molecule has 0 radical (unpaired) electrons. The molecule has 1 unspecified atom stereocenters. The summed E-state index contributed by atoms with van der Waals surface area (Å²) in [5.74, 6) is -0.701. The summed E-state index contributed by atoms with van der Waals surface area (Å²) in [5, 5.41) is 0. The van der Waals surface area contributed by atoms with Gasteiger partial charge in [-0.15, -0.1) is 12.4 Å². The van der Waals surface area contributed by atoms with E-state index >= 15 is 0 Å². The number of benzene rings is 1. The molecule has 1 rings (SSSR count). The van der Waals surface area contributed by atoms with Crippen LogP contribution in [0.5, 0.6) is 0 Å². The third-order valence-electron chi connectivity index (χ3n) is 2.82. The lowest BCUT2D eigenvalue weighted by Gasteiger charge is -2.25. The molecule has 1 aromatic rings. The summed E-state index contributed by atoms with van der Waals surface area (Å²) in [5.41, 5.74) is 11.9. The summed E-state index contributed by atoms with van der Waals surface area (Å²) in [7, 11) is 1.48. The highest BCUT2D eigenvalue weighted by Crippen LogP contribution is 2.07. The van der Waals surface area contributed by atoms with E-state index in [1.54, 1.807) is 0 Å². The summed E-state index contributed by atoms with van der Waals surface area (Å²) in [6.07, 6.45) is 0.109. The zero-order valence-corrected chi connectivity index (χ0v) is 12.8. The number of hydrogen-bond donors (Lipinski definition) is 2. The molecule has 0 heterocycles. The maximum atomic E-state index is 12.2. The van der Waals surface area contributed by atoms with Crippen LogP contribution in [0.15, 0.2) is 30.3 Å². The first-order valence-electron chi connectivity index (χ1n) is 6.40. The highest BCUT2D eigenvalue weighted by Gasteiger charge is 2.21. The minimum atomic E-state index is -0.739. The molecule has 0 aromatic heterocycles. The fraction of sp³-hybridized carbons (Fsp3) is 0.429. The van der Waals surface area contributed by atoms with Gasteiger partial charge in [0, 0.05) is 26.6 Å². The topological polar surface area (TPSA) is 98.7 Å². The minimum Gasteiger partial charge on any atom is -0.383 e. The monoisotopic (exact) mass is 315 g/mol. The number of primary amides is 1. The zero-order chi connectivity index (χ0) is 15.0. The molecule has 0 saturated carbocycles. The average molecular weight is 316 g/mol. The van der Waals surface area contributed by atoms with Crippen LogP contribution in [0, 0.1) is 0 Å². The van der Waals surface area contributed by atoms with E-state index in [0.29, 0.717) is 6.54 Å². The number of halogens is 1. The predicted molar refractivity (Wildman–Crippen MR) is 82.8 cm³/mol. The third-order valence-corrected chi connectivity index (χ3v) is 2.82. The molecule has 6 nitrogen and oxygen atoms in total. The molecule has 0 aliphatic carbocycles. The highest BCUT2D eigenvalue weighted by atomic mass is 35.5. The van der Waals surface area contributed by atoms with E-state index in [4.69, 9.17) is 16.2 Å². The summed E-state index contributed by atoms with van der Waals surface area (Å²) in [6, 6.07) is 8.76. The Balaban J connectivity index is 0.00000400. The van der Waals surface area contributed by atoms with Crippen molar-refractivity contribution in [3.63, 3.8) is 0 Å². The summed E-state index contributed by atoms with van der Waals surface area (Å²) < 4.78 is 4.89. The van der Waals surface area contributed by atoms with E-state index in [1.807, 2.05) is 30.3 Å². The van der Waals surface area contributed by atoms with E-state index < -0.39 is 11.9 Å². The molecule has 21 heavy (non-hydrogen) atoms. The second-order valence-electron chi connectivity index (χ2n) is 4.52. The number of nitrogens with two attached hydrogens (primary N) is 2. The van der Waals surface area contributed by atoms with Gasteiger partial charge in [0.05, 0.1) is 6.61 Å². The first-order valence-corrected chi connectivity index (χ1v) is 6.40. The second-order valence-corrected chi connectivity index (χ2v) is 4.52. The first-order chi connectivity index (χ1) is 9.54. The van der Waals surface area contributed by atoms with Gasteiger partial charge < -0.3 is 21.1 Å². The largest absolute Gasteiger partial charge is 0.383 e. The Morgan fingerprint density at radius 2 is 1.90 bits per heavy atom. The number of hydrogen-bond acceptors (Lipinski definition) is 4. The Kier molecular flexibility index (Phi) is 9.36. The van der Waals surface area contributed by atoms with Gasteiger partial charge in [0.15, 0.2) is 0 Å². The normalized spacial score (nSPS) is 11.3. The summed E-state index contributed by atoms with van der Waals surface area (Å²) in [6.45, 7) is 0.783. The molecular formula is C14H22ClN3O3. The lowest BCUT2D eigenvalue weighted by atomic mass is 10.2. The lowest BCUT2D eigenvalue weighted by molar-refractivity contribution is -0.134. The minimum absolute atomic E-state index is 0. The smallest absolute Gasteiger partial charge is 0.242 e. The Hall–Kier alpha value is -1.63. The van der Waals surface area contributed by atoms with Gasteiger partial charge >= 0.3 is 0 Å². The van der Waals surface area contributed by atoms with Crippen LogP contribution in [-0.4, -0.2) is 43.0 Å². The van der Waals surface area contributed by atoms with Crippen molar-refractivity contribution in [3.05, 3.63) is 35.9 Å². The number of rotatable bonds is 8. The van der Waals surface area contributed by atoms with E-state index in [-0.39, 0.29) is 37.9 Å². The van der Waals surface area contributed by atoms with E-state index in [1.165, 1.54) is 12.0 Å². The highest BCUT2D eigenvalue weighted by molar-refractivity contribution is 5.85. The number of amides is 2. The van der Waals surface area contributed by atoms with Gasteiger partial charge in [-0.05, 0) is 5.56 Å². The maximum absolute atomic E-state index is 12.2. The fourth-order valence-corrected chi connectivity index (χ4v) is 1.80. The molecule has 7 heteroatoms. The van der Waals surface area contributed by atoms with Crippen LogP contribution in [0.2, 0.25) is 0 Å². The number of carbonyl (C=O) groups is 2. The molecular weight excluding hydrogens is 294 g/mol. The molecule has 2 amide bonds. The fourth-order valence-electron chi connectivity index (χ4n) is 1.80. The molecule has 0 aliphatic rings. The quantitative estimate of drug-likeness (QED) is 0.720. The molecule has 0 spiro atoms. The van der Waals surface area contributed by atoms with Crippen LogP contribution >= 0.6 is 12.4 Å². The van der Waals surface area contributed by atoms with Crippen LogP contribution in [-0.2, 0) is 20.9 Å². The van der Waals surface area contributed by atoms with Gasteiger partial charge in [0.2, 0.25) is 11.8 Å². The summed E-state index contributed by atoms with van der Waals surface area (Å²) >= 11 is 0. The van der Waals surface area contributed by atoms with Crippen molar-refractivity contribution in [2.24, 2.45) is 11.5 Å². The molecule has 0 bridgehead atoms. The Morgan fingerprint density at radius 3 is 2.43 bits per heavy atom. The van der Waals surface area contributed by atoms with Gasteiger partial charge in [-0.25, -0.2) is 0 Å². The van der Waals surface area contributed by atoms with Gasteiger partial charge in [-0.3, -0.25) is 9.59 Å². The number of nitrogens with zero attached hydrogens (tertiary/aromatic N) is 1. The van der Waals surface area contributed by atoms with Crippen LogP contribution in [0.3, 0.4) is 0 Å². The van der Waals surface area contributed by atoms with Gasteiger partial charge in [0.1, 0.15) is 6.04 Å². The van der Waals surface area contributed by atoms with Gasteiger partial charge in [-0.2, -0.15) is 0 Å². The van der Waals surface area contributed by atoms with Crippen molar-refractivity contribution >= 4 is 24.2 Å². The molecule has 118 valence electrons. The third kappa shape index (κ3) is 7.08. The number of carbonyl (C=O) groups excluding carboxylic acids is 2. The van der Waals surface area contributed by atoms with Crippen molar-refractivity contribution < 1.29 is 14.3 Å². The number of ether oxygens (including phenoxy) is 1. The average Bonchev–Trinajstić information content (AvgIpc) is 2.44. The van der Waals surface area contributed by atoms with Crippen LogP contribution < -0.4 is 11.5 Å². The van der Waals surface area contributed by atoms with Crippen molar-refractivity contribution in [2.45, 2.75) is 19.0 Å².